The number of nitrogens with zero attached hydrogens (tertiary/aromatic N) is 1. The van der Waals surface area contributed by atoms with Crippen LogP contribution in [0.2, 0.25) is 0 Å². The molecule has 124 valence electrons. The molecule has 2 aliphatic rings. The van der Waals surface area contributed by atoms with Crippen molar-refractivity contribution in [2.45, 2.75) is 31.6 Å². The van der Waals surface area contributed by atoms with Crippen LogP contribution in [0.4, 0.5) is 0 Å². The minimum absolute atomic E-state index is 0.0425. The van der Waals surface area contributed by atoms with Crippen LogP contribution in [-0.4, -0.2) is 37.0 Å². The molecule has 1 aromatic carbocycles. The highest BCUT2D eigenvalue weighted by molar-refractivity contribution is 14.1. The Balaban J connectivity index is 1.93. The number of carbonyl (C=O) groups excluding carboxylic acids is 1. The number of benzene rings is 1. The maximum atomic E-state index is 12.8. The topological polar surface area (TPSA) is 29.5 Å². The summed E-state index contributed by atoms with van der Waals surface area (Å²) in [6, 6.07) is 8.39. The summed E-state index contributed by atoms with van der Waals surface area (Å²) >= 11 is 3.93. The molecule has 0 bridgehead atoms. The van der Waals surface area contributed by atoms with Crippen molar-refractivity contribution in [2.75, 3.05) is 26.3 Å². The maximum absolute atomic E-state index is 12.8. The third kappa shape index (κ3) is 4.31. The number of ether oxygens (including phenoxy) is 1. The van der Waals surface area contributed by atoms with E-state index in [0.717, 1.165) is 42.5 Å². The predicted octanol–water partition coefficient (Wildman–Crippen LogP) is 4.32. The molecule has 1 saturated heterocycles. The van der Waals surface area contributed by atoms with Crippen LogP contribution in [-0.2, 0) is 9.53 Å². The van der Waals surface area contributed by atoms with Crippen LogP contribution in [0, 0.1) is 8.99 Å². The summed E-state index contributed by atoms with van der Waals surface area (Å²) in [5, 5.41) is 0. The van der Waals surface area contributed by atoms with Crippen LogP contribution in [0.1, 0.15) is 26.7 Å². The van der Waals surface area contributed by atoms with Crippen molar-refractivity contribution in [3.8, 4) is 0 Å². The number of rotatable bonds is 3. The predicted molar refractivity (Wildman–Crippen MR) is 102 cm³/mol. The first kappa shape index (κ1) is 17.3. The van der Waals surface area contributed by atoms with Gasteiger partial charge in [-0.25, -0.2) is 0 Å². The lowest BCUT2D eigenvalue weighted by Gasteiger charge is -2.39. The van der Waals surface area contributed by atoms with Gasteiger partial charge in [-0.05, 0) is 58.7 Å². The van der Waals surface area contributed by atoms with Crippen LogP contribution in [0.25, 0.3) is 0 Å². The summed E-state index contributed by atoms with van der Waals surface area (Å²) in [5.41, 5.74) is 1.26. The average molecular weight is 443 g/mol. The monoisotopic (exact) mass is 443 g/mol. The molecule has 1 aliphatic carbocycles. The highest BCUT2D eigenvalue weighted by Crippen LogP contribution is 2.44. The lowest BCUT2D eigenvalue weighted by molar-refractivity contribution is -0.117. The van der Waals surface area contributed by atoms with E-state index in [2.05, 4.69) is 65.6 Å². The Morgan fingerprint density at radius 2 is 1.78 bits per heavy atom. The Hall–Kier alpha value is -0.530. The summed E-state index contributed by atoms with van der Waals surface area (Å²) in [7, 11) is 0. The standard InChI is InChI=1S/C18H22INO2S/c1-18(2)11-15(20-7-9-22-10-8-20)17(16(21)12-18)23-14-5-3-13(19)4-6-14/h3-6H,7-12H2,1-2H3. The Morgan fingerprint density at radius 1 is 1.13 bits per heavy atom. The van der Waals surface area contributed by atoms with E-state index in [1.165, 1.54) is 9.27 Å². The Labute approximate surface area is 156 Å². The van der Waals surface area contributed by atoms with Gasteiger partial charge in [-0.1, -0.05) is 25.6 Å². The number of hydrogen-bond acceptors (Lipinski definition) is 4. The molecular formula is C18H22INO2S. The summed E-state index contributed by atoms with van der Waals surface area (Å²) in [4.78, 5) is 17.2. The number of carbonyl (C=O) groups is 1. The molecular weight excluding hydrogens is 421 g/mol. The molecule has 0 aromatic heterocycles. The van der Waals surface area contributed by atoms with Gasteiger partial charge in [0.15, 0.2) is 5.78 Å². The van der Waals surface area contributed by atoms with E-state index >= 15 is 0 Å². The average Bonchev–Trinajstić information content (AvgIpc) is 2.52. The Kier molecular flexibility index (Phi) is 5.38. The van der Waals surface area contributed by atoms with Crippen LogP contribution >= 0.6 is 34.4 Å². The third-order valence-corrected chi connectivity index (χ3v) is 6.12. The number of morpholine rings is 1. The van der Waals surface area contributed by atoms with E-state index in [0.29, 0.717) is 6.42 Å². The number of thioether (sulfide) groups is 1. The van der Waals surface area contributed by atoms with E-state index in [-0.39, 0.29) is 11.2 Å². The van der Waals surface area contributed by atoms with Gasteiger partial charge in [-0.2, -0.15) is 0 Å². The zero-order chi connectivity index (χ0) is 16.4. The van der Waals surface area contributed by atoms with Crippen molar-refractivity contribution in [1.82, 2.24) is 4.90 Å². The molecule has 0 amide bonds. The van der Waals surface area contributed by atoms with E-state index < -0.39 is 0 Å². The van der Waals surface area contributed by atoms with Crippen LogP contribution in [0.5, 0.6) is 0 Å². The normalized spacial score (nSPS) is 21.7. The van der Waals surface area contributed by atoms with Gasteiger partial charge in [0.25, 0.3) is 0 Å². The first-order valence-electron chi connectivity index (χ1n) is 7.97. The second-order valence-corrected chi connectivity index (χ2v) is 9.20. The number of halogens is 1. The molecule has 1 heterocycles. The zero-order valence-electron chi connectivity index (χ0n) is 13.6. The molecule has 0 atom stereocenters. The fourth-order valence-electron chi connectivity index (χ4n) is 3.10. The van der Waals surface area contributed by atoms with Crippen LogP contribution in [0.3, 0.4) is 0 Å². The summed E-state index contributed by atoms with van der Waals surface area (Å²) in [6.45, 7) is 7.65. The fraction of sp³-hybridized carbons (Fsp3) is 0.500. The quantitative estimate of drug-likeness (QED) is 0.652. The summed E-state index contributed by atoms with van der Waals surface area (Å²) < 4.78 is 6.69. The van der Waals surface area contributed by atoms with Crippen molar-refractivity contribution >= 4 is 40.1 Å². The van der Waals surface area contributed by atoms with E-state index in [1.807, 2.05) is 0 Å². The first-order valence-corrected chi connectivity index (χ1v) is 9.87. The molecule has 0 N–H and O–H groups in total. The SMILES string of the molecule is CC1(C)CC(=O)C(Sc2ccc(I)cc2)=C(N2CCOCC2)C1. The third-order valence-electron chi connectivity index (χ3n) is 4.23. The largest absolute Gasteiger partial charge is 0.378 e. The lowest BCUT2D eigenvalue weighted by Crippen LogP contribution is -2.40. The molecule has 23 heavy (non-hydrogen) atoms. The van der Waals surface area contributed by atoms with Crippen molar-refractivity contribution in [2.24, 2.45) is 5.41 Å². The van der Waals surface area contributed by atoms with Gasteiger partial charge in [-0.15, -0.1) is 0 Å². The molecule has 5 heteroatoms. The van der Waals surface area contributed by atoms with Crippen molar-refractivity contribution in [3.63, 3.8) is 0 Å². The fourth-order valence-corrected chi connectivity index (χ4v) is 4.47. The van der Waals surface area contributed by atoms with E-state index in [9.17, 15) is 4.79 Å². The molecule has 1 fully saturated rings. The van der Waals surface area contributed by atoms with Gasteiger partial charge in [0.2, 0.25) is 0 Å². The molecule has 0 saturated carbocycles. The molecule has 0 spiro atoms. The van der Waals surface area contributed by atoms with E-state index in [4.69, 9.17) is 4.74 Å². The maximum Gasteiger partial charge on any atom is 0.171 e. The molecule has 3 nitrogen and oxygen atoms in total. The molecule has 1 aromatic rings. The highest BCUT2D eigenvalue weighted by atomic mass is 127. The van der Waals surface area contributed by atoms with E-state index in [1.54, 1.807) is 11.8 Å². The van der Waals surface area contributed by atoms with Crippen LogP contribution in [0.15, 0.2) is 39.8 Å². The van der Waals surface area contributed by atoms with Gasteiger partial charge in [0.05, 0.1) is 18.1 Å². The number of hydrogen-bond donors (Lipinski definition) is 0. The Bertz CT molecular complexity index is 618. The second kappa shape index (κ2) is 7.15. The highest BCUT2D eigenvalue weighted by Gasteiger charge is 2.35. The number of Topliss-reactive ketones (excluding diaryl/α,β-unsaturated/α-hetero) is 1. The van der Waals surface area contributed by atoms with Gasteiger partial charge in [0, 0.05) is 33.7 Å². The zero-order valence-corrected chi connectivity index (χ0v) is 16.6. The smallest absolute Gasteiger partial charge is 0.171 e. The molecule has 0 unspecified atom stereocenters. The molecule has 0 radical (unpaired) electrons. The second-order valence-electron chi connectivity index (χ2n) is 6.87. The van der Waals surface area contributed by atoms with Gasteiger partial charge in [0.1, 0.15) is 0 Å². The van der Waals surface area contributed by atoms with Gasteiger partial charge in [-0.3, -0.25) is 4.79 Å². The number of allylic oxidation sites excluding steroid dienone is 2. The van der Waals surface area contributed by atoms with Gasteiger partial charge < -0.3 is 9.64 Å². The first-order chi connectivity index (χ1) is 10.9. The minimum atomic E-state index is 0.0425. The van der Waals surface area contributed by atoms with Crippen molar-refractivity contribution in [3.05, 3.63) is 38.4 Å². The van der Waals surface area contributed by atoms with Crippen molar-refractivity contribution < 1.29 is 9.53 Å². The summed E-state index contributed by atoms with van der Waals surface area (Å²) in [5.74, 6) is 0.284. The molecule has 3 rings (SSSR count). The summed E-state index contributed by atoms with van der Waals surface area (Å²) in [6.07, 6.45) is 1.60. The number of ketones is 1. The lowest BCUT2D eigenvalue weighted by atomic mass is 9.78. The van der Waals surface area contributed by atoms with Gasteiger partial charge >= 0.3 is 0 Å². The Morgan fingerprint density at radius 3 is 2.43 bits per heavy atom. The van der Waals surface area contributed by atoms with Crippen molar-refractivity contribution in [1.29, 1.82) is 0 Å². The van der Waals surface area contributed by atoms with Crippen LogP contribution < -0.4 is 0 Å². The minimum Gasteiger partial charge on any atom is -0.378 e. The molecule has 1 aliphatic heterocycles.